The first-order chi connectivity index (χ1) is 10.7. The second kappa shape index (κ2) is 6.32. The molecule has 124 valence electrons. The van der Waals surface area contributed by atoms with Crippen LogP contribution < -0.4 is 5.32 Å². The standard InChI is InChI=1S/C13H11F4N3O3/c1-6(21)5-18-11(22)8-3-2-7(4-9(8)14)10-19-12(23-20-10)13(15,16)17/h2-4,6,21H,5H2,1H3,(H,18,22). The van der Waals surface area contributed by atoms with Gasteiger partial charge in [0.2, 0.25) is 5.82 Å². The van der Waals surface area contributed by atoms with Crippen LogP contribution in [0.4, 0.5) is 17.6 Å². The molecule has 0 radical (unpaired) electrons. The molecule has 1 unspecified atom stereocenters. The zero-order valence-electron chi connectivity index (χ0n) is 11.7. The van der Waals surface area contributed by atoms with Crippen LogP contribution in [-0.4, -0.2) is 33.8 Å². The number of aliphatic hydroxyl groups excluding tert-OH is 1. The van der Waals surface area contributed by atoms with Crippen LogP contribution in [0.3, 0.4) is 0 Å². The summed E-state index contributed by atoms with van der Waals surface area (Å²) < 4.78 is 55.1. The van der Waals surface area contributed by atoms with E-state index in [4.69, 9.17) is 5.11 Å². The lowest BCUT2D eigenvalue weighted by Crippen LogP contribution is -2.31. The van der Waals surface area contributed by atoms with Crippen LogP contribution in [-0.2, 0) is 6.18 Å². The van der Waals surface area contributed by atoms with Crippen LogP contribution in [0.15, 0.2) is 22.7 Å². The molecule has 0 aliphatic carbocycles. The van der Waals surface area contributed by atoms with Gasteiger partial charge in [0.05, 0.1) is 11.7 Å². The van der Waals surface area contributed by atoms with E-state index >= 15 is 0 Å². The Balaban J connectivity index is 2.22. The second-order valence-corrected chi connectivity index (χ2v) is 4.67. The number of carbonyl (C=O) groups is 1. The summed E-state index contributed by atoms with van der Waals surface area (Å²) in [6, 6.07) is 3.08. The fourth-order valence-corrected chi connectivity index (χ4v) is 1.63. The SMILES string of the molecule is CC(O)CNC(=O)c1ccc(-c2noc(C(F)(F)F)n2)cc1F. The summed E-state index contributed by atoms with van der Waals surface area (Å²) in [6.45, 7) is 1.37. The molecule has 2 aromatic rings. The summed E-state index contributed by atoms with van der Waals surface area (Å²) >= 11 is 0. The van der Waals surface area contributed by atoms with Gasteiger partial charge in [-0.15, -0.1) is 0 Å². The van der Waals surface area contributed by atoms with E-state index < -0.39 is 35.7 Å². The van der Waals surface area contributed by atoms with Crippen molar-refractivity contribution in [1.29, 1.82) is 0 Å². The third-order valence-electron chi connectivity index (χ3n) is 2.70. The molecule has 0 fully saturated rings. The minimum Gasteiger partial charge on any atom is -0.392 e. The minimum atomic E-state index is -4.80. The van der Waals surface area contributed by atoms with Crippen molar-refractivity contribution in [2.24, 2.45) is 0 Å². The highest BCUT2D eigenvalue weighted by molar-refractivity contribution is 5.94. The second-order valence-electron chi connectivity index (χ2n) is 4.67. The molecule has 2 N–H and O–H groups in total. The lowest BCUT2D eigenvalue weighted by Gasteiger charge is -2.08. The Morgan fingerprint density at radius 1 is 1.43 bits per heavy atom. The van der Waals surface area contributed by atoms with Gasteiger partial charge >= 0.3 is 12.1 Å². The fraction of sp³-hybridized carbons (Fsp3) is 0.308. The topological polar surface area (TPSA) is 88.2 Å². The number of halogens is 4. The Bertz CT molecular complexity index is 713. The normalized spacial score (nSPS) is 13.0. The third kappa shape index (κ3) is 4.03. The maximum atomic E-state index is 13.9. The smallest absolute Gasteiger partial charge is 0.392 e. The molecule has 10 heteroatoms. The number of amides is 1. The van der Waals surface area contributed by atoms with Crippen molar-refractivity contribution in [3.8, 4) is 11.4 Å². The van der Waals surface area contributed by atoms with Gasteiger partial charge in [0.15, 0.2) is 0 Å². The number of aromatic nitrogens is 2. The molecule has 23 heavy (non-hydrogen) atoms. The maximum Gasteiger partial charge on any atom is 0.471 e. The zero-order valence-corrected chi connectivity index (χ0v) is 11.7. The summed E-state index contributed by atoms with van der Waals surface area (Å²) in [6.07, 6.45) is -5.61. The Hall–Kier alpha value is -2.49. The number of hydrogen-bond donors (Lipinski definition) is 2. The van der Waals surface area contributed by atoms with Gasteiger partial charge in [-0.2, -0.15) is 18.2 Å². The molecule has 0 aliphatic heterocycles. The predicted octanol–water partition coefficient (Wildman–Crippen LogP) is 2.01. The van der Waals surface area contributed by atoms with Crippen LogP contribution >= 0.6 is 0 Å². The van der Waals surface area contributed by atoms with E-state index in [9.17, 15) is 22.4 Å². The van der Waals surface area contributed by atoms with Gasteiger partial charge in [-0.05, 0) is 19.1 Å². The highest BCUT2D eigenvalue weighted by Crippen LogP contribution is 2.29. The fourth-order valence-electron chi connectivity index (χ4n) is 1.63. The van der Waals surface area contributed by atoms with Crippen molar-refractivity contribution >= 4 is 5.91 Å². The number of hydrogen-bond acceptors (Lipinski definition) is 5. The number of nitrogens with zero attached hydrogens (tertiary/aromatic N) is 2. The molecule has 1 heterocycles. The predicted molar refractivity (Wildman–Crippen MR) is 68.7 cm³/mol. The van der Waals surface area contributed by atoms with Crippen molar-refractivity contribution in [2.75, 3.05) is 6.54 Å². The number of alkyl halides is 3. The number of rotatable bonds is 4. The maximum absolute atomic E-state index is 13.9. The number of benzene rings is 1. The molecule has 0 spiro atoms. The lowest BCUT2D eigenvalue weighted by molar-refractivity contribution is -0.159. The third-order valence-corrected chi connectivity index (χ3v) is 2.70. The number of carbonyl (C=O) groups excluding carboxylic acids is 1. The Morgan fingerprint density at radius 2 is 2.13 bits per heavy atom. The van der Waals surface area contributed by atoms with Gasteiger partial charge in [0, 0.05) is 12.1 Å². The quantitative estimate of drug-likeness (QED) is 0.836. The summed E-state index contributed by atoms with van der Waals surface area (Å²) in [5, 5.41) is 14.5. The van der Waals surface area contributed by atoms with Crippen LogP contribution in [0, 0.1) is 5.82 Å². The molecule has 0 saturated heterocycles. The highest BCUT2D eigenvalue weighted by Gasteiger charge is 2.38. The minimum absolute atomic E-state index is 0.0696. The van der Waals surface area contributed by atoms with Crippen molar-refractivity contribution in [2.45, 2.75) is 19.2 Å². The zero-order chi connectivity index (χ0) is 17.2. The molecule has 1 aromatic heterocycles. The largest absolute Gasteiger partial charge is 0.471 e. The molecule has 1 atom stereocenters. The van der Waals surface area contributed by atoms with E-state index in [2.05, 4.69) is 20.0 Å². The molecule has 0 saturated carbocycles. The van der Waals surface area contributed by atoms with E-state index in [0.717, 1.165) is 12.1 Å². The molecule has 6 nitrogen and oxygen atoms in total. The summed E-state index contributed by atoms with van der Waals surface area (Å²) in [5.74, 6) is -3.73. The van der Waals surface area contributed by atoms with Crippen molar-refractivity contribution < 1.29 is 32.0 Å². The Morgan fingerprint density at radius 3 is 2.65 bits per heavy atom. The first-order valence-corrected chi connectivity index (χ1v) is 6.35. The van der Waals surface area contributed by atoms with Crippen LogP contribution in [0.2, 0.25) is 0 Å². The van der Waals surface area contributed by atoms with Gasteiger partial charge in [0.1, 0.15) is 5.82 Å². The Kier molecular flexibility index (Phi) is 4.64. The molecule has 2 rings (SSSR count). The van der Waals surface area contributed by atoms with E-state index in [0.29, 0.717) is 0 Å². The molecule has 0 aliphatic rings. The molecule has 0 bridgehead atoms. The monoisotopic (exact) mass is 333 g/mol. The van der Waals surface area contributed by atoms with Gasteiger partial charge in [-0.3, -0.25) is 4.79 Å². The van der Waals surface area contributed by atoms with E-state index in [-0.39, 0.29) is 17.7 Å². The van der Waals surface area contributed by atoms with Gasteiger partial charge in [0.25, 0.3) is 5.91 Å². The van der Waals surface area contributed by atoms with Crippen molar-refractivity contribution in [1.82, 2.24) is 15.5 Å². The Labute approximate surface area is 127 Å². The van der Waals surface area contributed by atoms with Crippen LogP contribution in [0.1, 0.15) is 23.2 Å². The molecular formula is C13H11F4N3O3. The van der Waals surface area contributed by atoms with E-state index in [1.54, 1.807) is 0 Å². The highest BCUT2D eigenvalue weighted by atomic mass is 19.4. The first-order valence-electron chi connectivity index (χ1n) is 6.35. The summed E-state index contributed by atoms with van der Waals surface area (Å²) in [4.78, 5) is 14.8. The molecular weight excluding hydrogens is 322 g/mol. The van der Waals surface area contributed by atoms with Gasteiger partial charge in [-0.25, -0.2) is 4.39 Å². The number of aliphatic hydroxyl groups is 1. The molecule has 1 aromatic carbocycles. The van der Waals surface area contributed by atoms with E-state index in [1.807, 2.05) is 0 Å². The first kappa shape index (κ1) is 16.9. The van der Waals surface area contributed by atoms with Crippen molar-refractivity contribution in [3.05, 3.63) is 35.5 Å². The van der Waals surface area contributed by atoms with Crippen LogP contribution in [0.5, 0.6) is 0 Å². The van der Waals surface area contributed by atoms with Crippen molar-refractivity contribution in [3.63, 3.8) is 0 Å². The summed E-state index contributed by atoms with van der Waals surface area (Å²) in [7, 11) is 0. The number of nitrogens with one attached hydrogen (secondary N) is 1. The lowest BCUT2D eigenvalue weighted by atomic mass is 10.1. The van der Waals surface area contributed by atoms with Gasteiger partial charge in [-0.1, -0.05) is 11.2 Å². The van der Waals surface area contributed by atoms with E-state index in [1.165, 1.54) is 13.0 Å². The summed E-state index contributed by atoms with van der Waals surface area (Å²) in [5.41, 5.74) is -0.400. The van der Waals surface area contributed by atoms with Crippen LogP contribution in [0.25, 0.3) is 11.4 Å². The van der Waals surface area contributed by atoms with Gasteiger partial charge < -0.3 is 14.9 Å². The average Bonchev–Trinajstić information content (AvgIpc) is 2.94. The average molecular weight is 333 g/mol. The molecule has 1 amide bonds.